The van der Waals surface area contributed by atoms with Crippen molar-refractivity contribution in [3.63, 3.8) is 0 Å². The molecule has 1 fully saturated rings. The van der Waals surface area contributed by atoms with E-state index in [4.69, 9.17) is 16.3 Å². The van der Waals surface area contributed by atoms with Crippen LogP contribution in [0.2, 0.25) is 5.02 Å². The molecule has 0 unspecified atom stereocenters. The second-order valence-corrected chi connectivity index (χ2v) is 8.57. The van der Waals surface area contributed by atoms with Crippen LogP contribution in [0.5, 0.6) is 5.75 Å². The number of amides is 1. The monoisotopic (exact) mass is 488 g/mol. The fraction of sp³-hybridized carbons (Fsp3) is 0.304. The number of rotatable bonds is 9. The van der Waals surface area contributed by atoms with Gasteiger partial charge in [-0.05, 0) is 66.8 Å². The summed E-state index contributed by atoms with van der Waals surface area (Å²) in [6, 6.07) is 11.7. The minimum Gasteiger partial charge on any atom is -0.497 e. The van der Waals surface area contributed by atoms with E-state index in [1.54, 1.807) is 24.2 Å². The Bertz CT molecular complexity index is 1080. The van der Waals surface area contributed by atoms with Crippen molar-refractivity contribution < 1.29 is 14.5 Å². The quantitative estimate of drug-likeness (QED) is 0.274. The van der Waals surface area contributed by atoms with Crippen LogP contribution in [0.15, 0.2) is 52.4 Å². The van der Waals surface area contributed by atoms with Crippen LogP contribution in [0.3, 0.4) is 0 Å². The van der Waals surface area contributed by atoms with E-state index in [9.17, 15) is 14.9 Å². The van der Waals surface area contributed by atoms with E-state index < -0.39 is 4.92 Å². The first-order chi connectivity index (χ1) is 15.9. The van der Waals surface area contributed by atoms with Crippen LogP contribution in [0.1, 0.15) is 19.4 Å². The molecule has 0 N–H and O–H groups in total. The lowest BCUT2D eigenvalue weighted by molar-refractivity contribution is -0.384. The SMILES string of the molecule is CCN(CC)CCN1C(=O)/C(=C/c2ccc(Cl)c([N+](=O)[O-])c2)SC1=Nc1ccc(OC)cc1. The second kappa shape index (κ2) is 11.3. The van der Waals surface area contributed by atoms with Crippen LogP contribution < -0.4 is 4.74 Å². The van der Waals surface area contributed by atoms with E-state index >= 15 is 0 Å². The first-order valence-electron chi connectivity index (χ1n) is 10.5. The Morgan fingerprint density at radius 1 is 1.21 bits per heavy atom. The molecule has 3 rings (SSSR count). The third kappa shape index (κ3) is 6.13. The summed E-state index contributed by atoms with van der Waals surface area (Å²) in [7, 11) is 1.60. The molecule has 1 amide bonds. The standard InChI is InChI=1S/C23H25ClN4O4S/c1-4-26(5-2)12-13-27-22(29)21(15-16-6-11-19(24)20(14-16)28(30)31)33-23(27)25-17-7-9-18(32-3)10-8-17/h6-11,14-15H,4-5,12-13H2,1-3H3/b21-15-,25-23?. The van der Waals surface area contributed by atoms with E-state index in [1.165, 1.54) is 23.9 Å². The van der Waals surface area contributed by atoms with Gasteiger partial charge in [-0.2, -0.15) is 0 Å². The molecule has 33 heavy (non-hydrogen) atoms. The topological polar surface area (TPSA) is 88.3 Å². The molecule has 174 valence electrons. The zero-order chi connectivity index (χ0) is 24.0. The number of benzene rings is 2. The smallest absolute Gasteiger partial charge is 0.288 e. The summed E-state index contributed by atoms with van der Waals surface area (Å²) < 4.78 is 5.20. The first-order valence-corrected chi connectivity index (χ1v) is 11.7. The molecule has 0 spiro atoms. The number of nitro groups is 1. The molecule has 2 aromatic rings. The first kappa shape index (κ1) is 24.8. The molecule has 2 aromatic carbocycles. The summed E-state index contributed by atoms with van der Waals surface area (Å²) in [6.45, 7) is 7.12. The van der Waals surface area contributed by atoms with E-state index in [0.29, 0.717) is 34.4 Å². The average molecular weight is 489 g/mol. The number of carbonyl (C=O) groups is 1. The second-order valence-electron chi connectivity index (χ2n) is 7.15. The molecule has 0 saturated carbocycles. The van der Waals surface area contributed by atoms with Crippen LogP contribution in [-0.4, -0.2) is 59.1 Å². The Balaban J connectivity index is 1.94. The highest BCUT2D eigenvalue weighted by Gasteiger charge is 2.33. The van der Waals surface area contributed by atoms with Gasteiger partial charge in [-0.25, -0.2) is 4.99 Å². The van der Waals surface area contributed by atoms with Gasteiger partial charge in [0, 0.05) is 19.2 Å². The number of nitro benzene ring substituents is 1. The van der Waals surface area contributed by atoms with Crippen molar-refractivity contribution in [3.8, 4) is 5.75 Å². The number of amidine groups is 1. The molecule has 1 aliphatic rings. The number of methoxy groups -OCH3 is 1. The molecule has 0 aromatic heterocycles. The number of ether oxygens (including phenoxy) is 1. The molecule has 10 heteroatoms. The summed E-state index contributed by atoms with van der Waals surface area (Å²) in [6.07, 6.45) is 1.64. The van der Waals surface area contributed by atoms with Crippen LogP contribution in [0.25, 0.3) is 6.08 Å². The number of hydrogen-bond acceptors (Lipinski definition) is 7. The fourth-order valence-corrected chi connectivity index (χ4v) is 4.46. The molecule has 0 atom stereocenters. The van der Waals surface area contributed by atoms with Gasteiger partial charge in [-0.15, -0.1) is 0 Å². The maximum absolute atomic E-state index is 13.2. The molecule has 1 heterocycles. The van der Waals surface area contributed by atoms with E-state index in [1.807, 2.05) is 24.3 Å². The van der Waals surface area contributed by atoms with Gasteiger partial charge in [0.2, 0.25) is 0 Å². The highest BCUT2D eigenvalue weighted by Crippen LogP contribution is 2.35. The highest BCUT2D eigenvalue weighted by atomic mass is 35.5. The molecule has 0 bridgehead atoms. The van der Waals surface area contributed by atoms with Gasteiger partial charge < -0.3 is 9.64 Å². The predicted octanol–water partition coefficient (Wildman–Crippen LogP) is 5.20. The van der Waals surface area contributed by atoms with Gasteiger partial charge >= 0.3 is 0 Å². The van der Waals surface area contributed by atoms with Gasteiger partial charge in [-0.1, -0.05) is 31.5 Å². The molecular weight excluding hydrogens is 464 g/mol. The van der Waals surface area contributed by atoms with Gasteiger partial charge in [-0.3, -0.25) is 19.8 Å². The zero-order valence-electron chi connectivity index (χ0n) is 18.7. The molecule has 1 saturated heterocycles. The lowest BCUT2D eigenvalue weighted by Gasteiger charge is -2.22. The number of aliphatic imine (C=N–C) groups is 1. The maximum Gasteiger partial charge on any atom is 0.288 e. The Morgan fingerprint density at radius 2 is 1.91 bits per heavy atom. The number of nitrogens with zero attached hydrogens (tertiary/aromatic N) is 4. The average Bonchev–Trinajstić information content (AvgIpc) is 3.10. The van der Waals surface area contributed by atoms with Crippen molar-refractivity contribution in [2.45, 2.75) is 13.8 Å². The fourth-order valence-electron chi connectivity index (χ4n) is 3.25. The summed E-state index contributed by atoms with van der Waals surface area (Å²) in [4.78, 5) is 32.9. The van der Waals surface area contributed by atoms with Crippen molar-refractivity contribution in [1.29, 1.82) is 0 Å². The summed E-state index contributed by atoms with van der Waals surface area (Å²) in [5, 5.41) is 11.8. The third-order valence-corrected chi connectivity index (χ3v) is 6.51. The van der Waals surface area contributed by atoms with Crippen LogP contribution in [0, 0.1) is 10.1 Å². The number of thioether (sulfide) groups is 1. The van der Waals surface area contributed by atoms with Crippen molar-refractivity contribution in [2.75, 3.05) is 33.3 Å². The molecular formula is C23H25ClN4O4S. The van der Waals surface area contributed by atoms with Gasteiger partial charge in [0.05, 0.1) is 22.6 Å². The van der Waals surface area contributed by atoms with E-state index in [-0.39, 0.29) is 16.6 Å². The minimum absolute atomic E-state index is 0.0511. The summed E-state index contributed by atoms with van der Waals surface area (Å²) in [5.74, 6) is 0.537. The number of halogens is 1. The zero-order valence-corrected chi connectivity index (χ0v) is 20.2. The van der Waals surface area contributed by atoms with Gasteiger partial charge in [0.1, 0.15) is 10.8 Å². The lowest BCUT2D eigenvalue weighted by atomic mass is 10.2. The Labute approximate surface area is 202 Å². The summed E-state index contributed by atoms with van der Waals surface area (Å²) in [5.41, 5.74) is 1.02. The molecule has 0 radical (unpaired) electrons. The third-order valence-electron chi connectivity index (χ3n) is 5.18. The van der Waals surface area contributed by atoms with E-state index in [0.717, 1.165) is 18.8 Å². The number of hydrogen-bond donors (Lipinski definition) is 0. The van der Waals surface area contributed by atoms with Crippen LogP contribution >= 0.6 is 23.4 Å². The highest BCUT2D eigenvalue weighted by molar-refractivity contribution is 8.18. The van der Waals surface area contributed by atoms with Crippen molar-refractivity contribution in [2.24, 2.45) is 4.99 Å². The summed E-state index contributed by atoms with van der Waals surface area (Å²) >= 11 is 7.16. The van der Waals surface area contributed by atoms with Crippen molar-refractivity contribution >= 4 is 51.9 Å². The largest absolute Gasteiger partial charge is 0.497 e. The normalized spacial score (nSPS) is 16.3. The molecule has 8 nitrogen and oxygen atoms in total. The van der Waals surface area contributed by atoms with Gasteiger partial charge in [0.25, 0.3) is 11.6 Å². The van der Waals surface area contributed by atoms with Crippen molar-refractivity contribution in [1.82, 2.24) is 9.80 Å². The van der Waals surface area contributed by atoms with Crippen LogP contribution in [0.4, 0.5) is 11.4 Å². The van der Waals surface area contributed by atoms with Crippen molar-refractivity contribution in [3.05, 3.63) is 68.1 Å². The van der Waals surface area contributed by atoms with E-state index in [2.05, 4.69) is 23.7 Å². The Kier molecular flexibility index (Phi) is 8.49. The predicted molar refractivity (Wildman–Crippen MR) is 133 cm³/mol. The maximum atomic E-state index is 13.2. The Morgan fingerprint density at radius 3 is 2.52 bits per heavy atom. The number of likely N-dealkylation sites (N-methyl/N-ethyl adjacent to an activating group) is 1. The molecule has 0 aliphatic carbocycles. The lowest BCUT2D eigenvalue weighted by Crippen LogP contribution is -2.37. The van der Waals surface area contributed by atoms with Gasteiger partial charge in [0.15, 0.2) is 5.17 Å². The molecule has 1 aliphatic heterocycles. The Hall–Kier alpha value is -2.88. The minimum atomic E-state index is -0.541. The van der Waals surface area contributed by atoms with Crippen LogP contribution in [-0.2, 0) is 4.79 Å². The number of carbonyl (C=O) groups excluding carboxylic acids is 1.